The number of rotatable bonds is 5. The number of nitrogens with zero attached hydrogens (tertiary/aromatic N) is 1. The second-order valence-corrected chi connectivity index (χ2v) is 5.49. The molecular formula is C20H15NO4. The summed E-state index contributed by atoms with van der Waals surface area (Å²) in [5.74, 6) is 0.964. The van der Waals surface area contributed by atoms with Crippen LogP contribution in [0.15, 0.2) is 71.1 Å². The number of Topliss-reactive ketones (excluding diaryl/α,β-unsaturated/α-hetero) is 1. The van der Waals surface area contributed by atoms with Crippen LogP contribution in [0.4, 0.5) is 0 Å². The summed E-state index contributed by atoms with van der Waals surface area (Å²) in [6.45, 7) is 1.51. The zero-order chi connectivity index (χ0) is 17.8. The highest BCUT2D eigenvalue weighted by Gasteiger charge is 2.15. The van der Waals surface area contributed by atoms with Gasteiger partial charge in [0.1, 0.15) is 11.5 Å². The van der Waals surface area contributed by atoms with Crippen LogP contribution < -0.4 is 0 Å². The monoisotopic (exact) mass is 333 g/mol. The van der Waals surface area contributed by atoms with E-state index in [1.165, 1.54) is 13.0 Å². The molecule has 0 aliphatic carbocycles. The summed E-state index contributed by atoms with van der Waals surface area (Å²) in [6.07, 6.45) is 1.41. The summed E-state index contributed by atoms with van der Waals surface area (Å²) in [7, 11) is 0. The van der Waals surface area contributed by atoms with Crippen LogP contribution >= 0.6 is 0 Å². The molecule has 25 heavy (non-hydrogen) atoms. The van der Waals surface area contributed by atoms with Crippen LogP contribution in [0.5, 0.6) is 0 Å². The van der Waals surface area contributed by atoms with Crippen LogP contribution in [0.25, 0.3) is 23.1 Å². The van der Waals surface area contributed by atoms with E-state index in [1.54, 1.807) is 66.7 Å². The van der Waals surface area contributed by atoms with Crippen molar-refractivity contribution in [3.8, 4) is 11.3 Å². The van der Waals surface area contributed by atoms with Crippen molar-refractivity contribution >= 4 is 17.6 Å². The third-order valence-electron chi connectivity index (χ3n) is 3.75. The molecule has 1 heterocycles. The molecule has 0 saturated carbocycles. The third kappa shape index (κ3) is 3.72. The van der Waals surface area contributed by atoms with Crippen molar-refractivity contribution in [1.82, 2.24) is 0 Å². The van der Waals surface area contributed by atoms with Crippen LogP contribution in [0, 0.1) is 10.1 Å². The minimum atomic E-state index is -0.431. The number of nitro groups is 1. The van der Waals surface area contributed by atoms with Gasteiger partial charge in [-0.1, -0.05) is 42.5 Å². The van der Waals surface area contributed by atoms with Gasteiger partial charge in [-0.3, -0.25) is 14.9 Å². The number of furan rings is 1. The second kappa shape index (κ2) is 6.97. The Labute approximate surface area is 144 Å². The van der Waals surface area contributed by atoms with Gasteiger partial charge in [-0.15, -0.1) is 0 Å². The Morgan fingerprint density at radius 2 is 1.64 bits per heavy atom. The smallest absolute Gasteiger partial charge is 0.280 e. The quantitative estimate of drug-likeness (QED) is 0.377. The molecule has 5 nitrogen and oxygen atoms in total. The molecule has 0 amide bonds. The number of hydrogen-bond donors (Lipinski definition) is 0. The van der Waals surface area contributed by atoms with Gasteiger partial charge in [-0.05, 0) is 31.2 Å². The van der Waals surface area contributed by atoms with Crippen molar-refractivity contribution in [2.45, 2.75) is 6.92 Å². The van der Waals surface area contributed by atoms with Crippen molar-refractivity contribution < 1.29 is 14.1 Å². The summed E-state index contributed by atoms with van der Waals surface area (Å²) in [6, 6.07) is 19.1. The normalized spacial score (nSPS) is 11.3. The van der Waals surface area contributed by atoms with Gasteiger partial charge in [0, 0.05) is 11.1 Å². The molecule has 124 valence electrons. The van der Waals surface area contributed by atoms with Crippen molar-refractivity contribution in [3.05, 3.63) is 93.7 Å². The van der Waals surface area contributed by atoms with Crippen LogP contribution in [-0.2, 0) is 0 Å². The molecule has 0 spiro atoms. The molecule has 0 radical (unpaired) electrons. The lowest BCUT2D eigenvalue weighted by Crippen LogP contribution is -1.97. The number of hydrogen-bond acceptors (Lipinski definition) is 4. The fraction of sp³-hybridized carbons (Fsp3) is 0.0500. The summed E-state index contributed by atoms with van der Waals surface area (Å²) in [5.41, 5.74) is 1.90. The molecule has 3 aromatic rings. The van der Waals surface area contributed by atoms with Gasteiger partial charge in [0.15, 0.2) is 5.78 Å². The highest BCUT2D eigenvalue weighted by molar-refractivity contribution is 5.94. The number of benzene rings is 2. The van der Waals surface area contributed by atoms with E-state index in [9.17, 15) is 14.9 Å². The average molecular weight is 333 g/mol. The molecule has 1 aromatic heterocycles. The molecule has 0 bridgehead atoms. The fourth-order valence-corrected chi connectivity index (χ4v) is 2.44. The summed E-state index contributed by atoms with van der Waals surface area (Å²) < 4.78 is 5.71. The summed E-state index contributed by atoms with van der Waals surface area (Å²) in [4.78, 5) is 22.2. The van der Waals surface area contributed by atoms with Gasteiger partial charge in [0.05, 0.1) is 16.6 Å². The molecule has 0 aliphatic heterocycles. The largest absolute Gasteiger partial charge is 0.456 e. The molecule has 0 atom stereocenters. The minimum absolute atomic E-state index is 0.00639. The standard InChI is InChI=1S/C20H15NO4/c1-14(22)15-7-9-17(10-8-15)20-12-11-18(25-20)13-19(21(23)24)16-5-3-2-4-6-16/h2-13H,1H3/b19-13-. The van der Waals surface area contributed by atoms with E-state index >= 15 is 0 Å². The third-order valence-corrected chi connectivity index (χ3v) is 3.75. The van der Waals surface area contributed by atoms with E-state index in [2.05, 4.69) is 0 Å². The minimum Gasteiger partial charge on any atom is -0.456 e. The van der Waals surface area contributed by atoms with Crippen LogP contribution in [0.3, 0.4) is 0 Å². The van der Waals surface area contributed by atoms with Gasteiger partial charge in [-0.25, -0.2) is 0 Å². The molecule has 0 saturated heterocycles. The van der Waals surface area contributed by atoms with E-state index in [4.69, 9.17) is 4.42 Å². The molecule has 0 aliphatic rings. The number of carbonyl (C=O) groups is 1. The topological polar surface area (TPSA) is 73.3 Å². The average Bonchev–Trinajstić information content (AvgIpc) is 3.09. The van der Waals surface area contributed by atoms with Crippen molar-refractivity contribution in [1.29, 1.82) is 0 Å². The van der Waals surface area contributed by atoms with E-state index in [0.29, 0.717) is 22.6 Å². The second-order valence-electron chi connectivity index (χ2n) is 5.49. The van der Waals surface area contributed by atoms with Gasteiger partial charge in [0.2, 0.25) is 0 Å². The lowest BCUT2D eigenvalue weighted by atomic mass is 10.1. The lowest BCUT2D eigenvalue weighted by molar-refractivity contribution is -0.374. The Hall–Kier alpha value is -3.47. The van der Waals surface area contributed by atoms with Crippen LogP contribution in [-0.4, -0.2) is 10.7 Å². The first kappa shape index (κ1) is 16.4. The Bertz CT molecular complexity index is 937. The predicted molar refractivity (Wildman–Crippen MR) is 95.5 cm³/mol. The zero-order valence-electron chi connectivity index (χ0n) is 13.5. The van der Waals surface area contributed by atoms with E-state index < -0.39 is 4.92 Å². The van der Waals surface area contributed by atoms with Gasteiger partial charge in [0.25, 0.3) is 5.70 Å². The maximum absolute atomic E-state index is 11.3. The fourth-order valence-electron chi connectivity index (χ4n) is 2.44. The lowest BCUT2D eigenvalue weighted by Gasteiger charge is -1.99. The Morgan fingerprint density at radius 3 is 2.24 bits per heavy atom. The Morgan fingerprint density at radius 1 is 0.960 bits per heavy atom. The molecule has 0 fully saturated rings. The SMILES string of the molecule is CC(=O)c1ccc(-c2ccc(/C=C(/c3ccccc3)[N+](=O)[O-])o2)cc1. The molecular weight excluding hydrogens is 318 g/mol. The van der Waals surface area contributed by atoms with Crippen molar-refractivity contribution in [3.63, 3.8) is 0 Å². The predicted octanol–water partition coefficient (Wildman–Crippen LogP) is 4.92. The van der Waals surface area contributed by atoms with Crippen LogP contribution in [0.1, 0.15) is 28.6 Å². The molecule has 0 N–H and O–H groups in total. The molecule has 3 rings (SSSR count). The van der Waals surface area contributed by atoms with Gasteiger partial charge in [-0.2, -0.15) is 0 Å². The van der Waals surface area contributed by atoms with E-state index in [-0.39, 0.29) is 11.5 Å². The van der Waals surface area contributed by atoms with Crippen LogP contribution in [0.2, 0.25) is 0 Å². The highest BCUT2D eigenvalue weighted by atomic mass is 16.6. The van der Waals surface area contributed by atoms with E-state index in [1.807, 2.05) is 0 Å². The maximum Gasteiger partial charge on any atom is 0.280 e. The molecule has 2 aromatic carbocycles. The van der Waals surface area contributed by atoms with Gasteiger partial charge >= 0.3 is 0 Å². The van der Waals surface area contributed by atoms with Gasteiger partial charge < -0.3 is 4.42 Å². The summed E-state index contributed by atoms with van der Waals surface area (Å²) in [5, 5.41) is 11.3. The number of carbonyl (C=O) groups excluding carboxylic acids is 1. The number of ketones is 1. The molecule has 0 unspecified atom stereocenters. The maximum atomic E-state index is 11.3. The Kier molecular flexibility index (Phi) is 4.57. The summed E-state index contributed by atoms with van der Waals surface area (Å²) >= 11 is 0. The Balaban J connectivity index is 1.92. The highest BCUT2D eigenvalue weighted by Crippen LogP contribution is 2.26. The first-order valence-electron chi connectivity index (χ1n) is 7.67. The van der Waals surface area contributed by atoms with Crippen molar-refractivity contribution in [2.75, 3.05) is 0 Å². The zero-order valence-corrected chi connectivity index (χ0v) is 13.5. The van der Waals surface area contributed by atoms with E-state index in [0.717, 1.165) is 5.56 Å². The first-order chi connectivity index (χ1) is 12.0. The molecule has 5 heteroatoms. The van der Waals surface area contributed by atoms with Crippen molar-refractivity contribution in [2.24, 2.45) is 0 Å². The first-order valence-corrected chi connectivity index (χ1v) is 7.67.